The molecule has 43 heavy (non-hydrogen) atoms. The molecular weight excluding hydrogens is 544 g/mol. The molecule has 0 unspecified atom stereocenters. The molecule has 1 aliphatic heterocycles. The molecule has 0 saturated heterocycles. The van der Waals surface area contributed by atoms with Crippen LogP contribution in [-0.4, -0.2) is 58.3 Å². The number of carbonyl (C=O) groups is 2. The average Bonchev–Trinajstić information content (AvgIpc) is 3.47. The molecule has 10 nitrogen and oxygen atoms in total. The zero-order valence-corrected chi connectivity index (χ0v) is 23.4. The average molecular weight is 573 g/mol. The highest BCUT2D eigenvalue weighted by atomic mass is 16.5. The maximum atomic E-state index is 13.3. The predicted molar refractivity (Wildman–Crippen MR) is 161 cm³/mol. The molecular formula is C33H28N6O4. The van der Waals surface area contributed by atoms with Crippen LogP contribution in [0.4, 0.5) is 5.69 Å². The summed E-state index contributed by atoms with van der Waals surface area (Å²) in [6.07, 6.45) is 2.79. The number of anilines is 1. The van der Waals surface area contributed by atoms with Crippen LogP contribution in [0.5, 0.6) is 11.5 Å². The van der Waals surface area contributed by atoms with E-state index in [-0.39, 0.29) is 18.3 Å². The van der Waals surface area contributed by atoms with Gasteiger partial charge < -0.3 is 19.7 Å². The number of nitrogens with zero attached hydrogens (tertiary/aromatic N) is 4. The first-order chi connectivity index (χ1) is 21.0. The first kappa shape index (κ1) is 27.5. The van der Waals surface area contributed by atoms with Crippen LogP contribution >= 0.6 is 0 Å². The summed E-state index contributed by atoms with van der Waals surface area (Å²) in [5.41, 5.74) is 3.25. The minimum Gasteiger partial charge on any atom is -0.493 e. The number of hydrogen-bond acceptors (Lipinski definition) is 7. The number of pyridine rings is 1. The first-order valence-corrected chi connectivity index (χ1v) is 13.8. The molecule has 2 amide bonds. The van der Waals surface area contributed by atoms with Crippen molar-refractivity contribution in [2.45, 2.75) is 18.9 Å². The van der Waals surface area contributed by atoms with Gasteiger partial charge in [0.05, 0.1) is 17.8 Å². The van der Waals surface area contributed by atoms with E-state index in [0.29, 0.717) is 36.7 Å². The van der Waals surface area contributed by atoms with Gasteiger partial charge in [-0.1, -0.05) is 48.2 Å². The molecule has 2 aromatic heterocycles. The number of H-pyrrole nitrogens is 1. The molecule has 10 heteroatoms. The molecule has 0 spiro atoms. The van der Waals surface area contributed by atoms with E-state index in [0.717, 1.165) is 27.8 Å². The number of benzene rings is 3. The third-order valence-corrected chi connectivity index (χ3v) is 6.91. The fourth-order valence-electron chi connectivity index (χ4n) is 4.70. The number of aromatic amines is 1. The number of ether oxygens (including phenoxy) is 2. The number of rotatable bonds is 7. The molecule has 0 saturated carbocycles. The number of likely N-dealkylation sites (N-methyl/N-ethyl adjacent to an activating group) is 1. The molecule has 0 radical (unpaired) electrons. The van der Waals surface area contributed by atoms with E-state index in [9.17, 15) is 9.59 Å². The van der Waals surface area contributed by atoms with E-state index in [1.54, 1.807) is 25.4 Å². The van der Waals surface area contributed by atoms with Crippen LogP contribution in [0.15, 0.2) is 85.1 Å². The van der Waals surface area contributed by atoms with Crippen molar-refractivity contribution in [1.29, 1.82) is 0 Å². The second-order valence-electron chi connectivity index (χ2n) is 9.94. The summed E-state index contributed by atoms with van der Waals surface area (Å²) < 4.78 is 11.7. The van der Waals surface area contributed by atoms with Crippen molar-refractivity contribution < 1.29 is 19.1 Å². The van der Waals surface area contributed by atoms with Crippen LogP contribution in [0.1, 0.15) is 34.0 Å². The molecule has 0 aliphatic carbocycles. The summed E-state index contributed by atoms with van der Waals surface area (Å²) in [6.45, 7) is 0.404. The zero-order chi connectivity index (χ0) is 29.6. The van der Waals surface area contributed by atoms with Gasteiger partial charge in [0.2, 0.25) is 5.82 Å². The fraction of sp³-hybridized carbons (Fsp3) is 0.182. The maximum absolute atomic E-state index is 13.3. The molecule has 1 atom stereocenters. The highest BCUT2D eigenvalue weighted by Crippen LogP contribution is 2.31. The van der Waals surface area contributed by atoms with Crippen molar-refractivity contribution in [3.8, 4) is 23.3 Å². The van der Waals surface area contributed by atoms with E-state index < -0.39 is 11.9 Å². The normalized spacial score (nSPS) is 14.2. The van der Waals surface area contributed by atoms with Gasteiger partial charge in [-0.15, -0.1) is 5.10 Å². The lowest BCUT2D eigenvalue weighted by Gasteiger charge is -2.20. The Labute approximate surface area is 248 Å². The van der Waals surface area contributed by atoms with Crippen LogP contribution in [0.2, 0.25) is 0 Å². The standard InChI is InChI=1S/C33H28N6O4/c1-39-28-18-23(10-5-6-17-42-25-13-14-26-24(20-25)11-7-16-34-26)12-15-29(28)43-21-27(33(39)41)35-32(40)31-36-30(37-38-31)19-22-8-3-2-4-9-22/h2-4,7-9,11-16,18,20,27H,6,17,19,21H2,1H3,(H,35,40)(H,36,37,38)/t27-/m0/s1. The molecule has 3 heterocycles. The third-order valence-electron chi connectivity index (χ3n) is 6.91. The Morgan fingerprint density at radius 1 is 1.12 bits per heavy atom. The van der Waals surface area contributed by atoms with E-state index in [1.807, 2.05) is 66.7 Å². The lowest BCUT2D eigenvalue weighted by atomic mass is 10.1. The second-order valence-corrected chi connectivity index (χ2v) is 9.94. The number of hydrogen-bond donors (Lipinski definition) is 2. The van der Waals surface area contributed by atoms with Crippen LogP contribution in [0, 0.1) is 11.8 Å². The van der Waals surface area contributed by atoms with Gasteiger partial charge in [0.1, 0.15) is 30.0 Å². The lowest BCUT2D eigenvalue weighted by Crippen LogP contribution is -2.49. The Bertz CT molecular complexity index is 1840. The molecule has 2 N–H and O–H groups in total. The minimum atomic E-state index is -0.918. The number of nitrogens with one attached hydrogen (secondary N) is 2. The Kier molecular flexibility index (Phi) is 7.95. The summed E-state index contributed by atoms with van der Waals surface area (Å²) in [4.78, 5) is 36.2. The lowest BCUT2D eigenvalue weighted by molar-refractivity contribution is -0.120. The topological polar surface area (TPSA) is 122 Å². The van der Waals surface area contributed by atoms with Crippen molar-refractivity contribution in [2.24, 2.45) is 0 Å². The Morgan fingerprint density at radius 2 is 2.00 bits per heavy atom. The smallest absolute Gasteiger partial charge is 0.291 e. The van der Waals surface area contributed by atoms with Gasteiger partial charge >= 0.3 is 0 Å². The maximum Gasteiger partial charge on any atom is 0.291 e. The molecule has 6 rings (SSSR count). The van der Waals surface area contributed by atoms with Crippen LogP contribution < -0.4 is 19.7 Å². The monoisotopic (exact) mass is 572 g/mol. The molecule has 0 bridgehead atoms. The first-order valence-electron chi connectivity index (χ1n) is 13.8. The minimum absolute atomic E-state index is 0.0313. The summed E-state index contributed by atoms with van der Waals surface area (Å²) in [5, 5.41) is 10.5. The summed E-state index contributed by atoms with van der Waals surface area (Å²) in [7, 11) is 1.64. The van der Waals surface area contributed by atoms with Crippen molar-refractivity contribution in [2.75, 3.05) is 25.2 Å². The SMILES string of the molecule is CN1C(=O)[C@@H](NC(=O)c2n[nH]c(Cc3ccccc3)n2)COc2ccc(C#CCCOc3ccc4ncccc4c3)cc21. The number of amides is 2. The van der Waals surface area contributed by atoms with E-state index in [2.05, 4.69) is 37.3 Å². The fourth-order valence-corrected chi connectivity index (χ4v) is 4.70. The quantitative estimate of drug-likeness (QED) is 0.224. The van der Waals surface area contributed by atoms with Gasteiger partial charge in [0, 0.05) is 37.0 Å². The number of aromatic nitrogens is 4. The van der Waals surface area contributed by atoms with Crippen molar-refractivity contribution >= 4 is 28.4 Å². The highest BCUT2D eigenvalue weighted by Gasteiger charge is 2.31. The predicted octanol–water partition coefficient (Wildman–Crippen LogP) is 3.92. The van der Waals surface area contributed by atoms with E-state index in [4.69, 9.17) is 9.47 Å². The van der Waals surface area contributed by atoms with Gasteiger partial charge in [-0.05, 0) is 48.0 Å². The molecule has 3 aromatic carbocycles. The Hall–Kier alpha value is -5.69. The van der Waals surface area contributed by atoms with Gasteiger partial charge in [-0.2, -0.15) is 0 Å². The van der Waals surface area contributed by atoms with Crippen molar-refractivity contribution in [3.05, 3.63) is 108 Å². The third kappa shape index (κ3) is 6.47. The molecule has 214 valence electrons. The van der Waals surface area contributed by atoms with Crippen LogP contribution in [0.3, 0.4) is 0 Å². The van der Waals surface area contributed by atoms with Crippen molar-refractivity contribution in [3.63, 3.8) is 0 Å². The van der Waals surface area contributed by atoms with Gasteiger partial charge in [-0.3, -0.25) is 19.7 Å². The van der Waals surface area contributed by atoms with Gasteiger partial charge in [0.25, 0.3) is 11.8 Å². The Morgan fingerprint density at radius 3 is 2.88 bits per heavy atom. The van der Waals surface area contributed by atoms with E-state index >= 15 is 0 Å². The summed E-state index contributed by atoms with van der Waals surface area (Å²) in [5.74, 6) is 7.16. The molecule has 5 aromatic rings. The highest BCUT2D eigenvalue weighted by molar-refractivity contribution is 6.02. The Balaban J connectivity index is 1.05. The zero-order valence-electron chi connectivity index (χ0n) is 23.4. The van der Waals surface area contributed by atoms with Crippen LogP contribution in [0.25, 0.3) is 10.9 Å². The molecule has 0 fully saturated rings. The van der Waals surface area contributed by atoms with Crippen molar-refractivity contribution in [1.82, 2.24) is 25.5 Å². The second kappa shape index (κ2) is 12.4. The van der Waals surface area contributed by atoms with Gasteiger partial charge in [0.15, 0.2) is 0 Å². The van der Waals surface area contributed by atoms with Crippen LogP contribution in [-0.2, 0) is 11.2 Å². The van der Waals surface area contributed by atoms with E-state index in [1.165, 1.54) is 4.90 Å². The number of carbonyl (C=O) groups excluding carboxylic acids is 2. The largest absolute Gasteiger partial charge is 0.493 e. The molecule has 1 aliphatic rings. The van der Waals surface area contributed by atoms with Gasteiger partial charge in [-0.25, -0.2) is 4.98 Å². The number of fused-ring (bicyclic) bond motifs is 2. The summed E-state index contributed by atoms with van der Waals surface area (Å²) in [6, 6.07) is 23.9. The summed E-state index contributed by atoms with van der Waals surface area (Å²) >= 11 is 0.